The van der Waals surface area contributed by atoms with Crippen molar-refractivity contribution in [1.29, 1.82) is 0 Å². The Morgan fingerprint density at radius 2 is 1.82 bits per heavy atom. The van der Waals surface area contributed by atoms with Crippen LogP contribution in [0.25, 0.3) is 0 Å². The molecule has 0 aliphatic carbocycles. The number of nitrogens with zero attached hydrogens (tertiary/aromatic N) is 1. The lowest BCUT2D eigenvalue weighted by atomic mass is 10.0. The Bertz CT molecular complexity index is 1130. The van der Waals surface area contributed by atoms with E-state index in [9.17, 15) is 9.59 Å². The van der Waals surface area contributed by atoms with Gasteiger partial charge in [-0.1, -0.05) is 36.4 Å². The molecule has 4 rings (SSSR count). The summed E-state index contributed by atoms with van der Waals surface area (Å²) in [5, 5.41) is 9.49. The van der Waals surface area contributed by atoms with Gasteiger partial charge in [-0.15, -0.1) is 0 Å². The first-order valence-electron chi connectivity index (χ1n) is 11.4. The summed E-state index contributed by atoms with van der Waals surface area (Å²) in [5.74, 6) is 0.310. The highest BCUT2D eigenvalue weighted by Crippen LogP contribution is 2.23. The molecule has 1 fully saturated rings. The van der Waals surface area contributed by atoms with Gasteiger partial charge in [-0.25, -0.2) is 4.98 Å². The molecule has 5 N–H and O–H groups in total. The molecule has 0 bridgehead atoms. The Hall–Kier alpha value is -3.91. The average molecular weight is 460 g/mol. The molecule has 0 spiro atoms. The highest BCUT2D eigenvalue weighted by Gasteiger charge is 2.16. The molecule has 1 saturated heterocycles. The summed E-state index contributed by atoms with van der Waals surface area (Å²) in [6.07, 6.45) is 3.38. The molecule has 34 heavy (non-hydrogen) atoms. The fourth-order valence-electron chi connectivity index (χ4n) is 3.84. The number of benzene rings is 2. The van der Waals surface area contributed by atoms with E-state index in [-0.39, 0.29) is 5.91 Å². The van der Waals surface area contributed by atoms with Crippen molar-refractivity contribution in [2.45, 2.75) is 19.4 Å². The van der Waals surface area contributed by atoms with Gasteiger partial charge in [0, 0.05) is 49.8 Å². The van der Waals surface area contributed by atoms with Crippen LogP contribution in [0.4, 0.5) is 17.2 Å². The number of carbonyl (C=O) groups is 2. The third-order valence-corrected chi connectivity index (χ3v) is 5.78. The van der Waals surface area contributed by atoms with E-state index in [2.05, 4.69) is 20.9 Å². The molecule has 8 heteroatoms. The molecule has 0 atom stereocenters. The van der Waals surface area contributed by atoms with Gasteiger partial charge in [-0.05, 0) is 42.5 Å². The van der Waals surface area contributed by atoms with Crippen LogP contribution >= 0.6 is 0 Å². The minimum absolute atomic E-state index is 0.114. The first-order chi connectivity index (χ1) is 16.6. The number of hydrogen-bond acceptors (Lipinski definition) is 6. The lowest BCUT2D eigenvalue weighted by Crippen LogP contribution is -2.32. The summed E-state index contributed by atoms with van der Waals surface area (Å²) in [7, 11) is 0. The maximum absolute atomic E-state index is 12.6. The minimum atomic E-state index is -0.558. The van der Waals surface area contributed by atoms with Gasteiger partial charge >= 0.3 is 0 Å². The molecule has 0 unspecified atom stereocenters. The fraction of sp³-hybridized carbons (Fsp3) is 0.269. The summed E-state index contributed by atoms with van der Waals surface area (Å²) in [4.78, 5) is 28.8. The van der Waals surface area contributed by atoms with Crippen molar-refractivity contribution in [3.63, 3.8) is 0 Å². The fourth-order valence-corrected chi connectivity index (χ4v) is 3.84. The molecule has 8 nitrogen and oxygen atoms in total. The van der Waals surface area contributed by atoms with E-state index in [4.69, 9.17) is 10.5 Å². The van der Waals surface area contributed by atoms with Crippen molar-refractivity contribution in [2.24, 2.45) is 11.7 Å². The quantitative estimate of drug-likeness (QED) is 0.388. The van der Waals surface area contributed by atoms with Crippen molar-refractivity contribution < 1.29 is 14.3 Å². The maximum Gasteiger partial charge on any atom is 0.252 e. The van der Waals surface area contributed by atoms with E-state index < -0.39 is 5.91 Å². The second-order valence-electron chi connectivity index (χ2n) is 8.29. The summed E-state index contributed by atoms with van der Waals surface area (Å²) < 4.78 is 5.37. The maximum atomic E-state index is 12.6. The topological polar surface area (TPSA) is 118 Å². The van der Waals surface area contributed by atoms with Gasteiger partial charge in [0.25, 0.3) is 11.8 Å². The van der Waals surface area contributed by atoms with E-state index in [1.807, 2.05) is 42.5 Å². The first-order valence-corrected chi connectivity index (χ1v) is 11.4. The lowest BCUT2D eigenvalue weighted by molar-refractivity contribution is 0.0642. The smallest absolute Gasteiger partial charge is 0.252 e. The second-order valence-corrected chi connectivity index (χ2v) is 8.29. The van der Waals surface area contributed by atoms with Crippen LogP contribution < -0.4 is 21.7 Å². The number of nitrogens with two attached hydrogens (primary N) is 1. The third-order valence-electron chi connectivity index (χ3n) is 5.78. The van der Waals surface area contributed by atoms with Gasteiger partial charge in [-0.3, -0.25) is 9.59 Å². The van der Waals surface area contributed by atoms with E-state index in [1.165, 1.54) is 6.20 Å². The zero-order valence-electron chi connectivity index (χ0n) is 18.9. The zero-order chi connectivity index (χ0) is 23.8. The first kappa shape index (κ1) is 23.3. The number of hydrogen-bond donors (Lipinski definition) is 4. The highest BCUT2D eigenvalue weighted by atomic mass is 16.5. The van der Waals surface area contributed by atoms with Gasteiger partial charge in [0.1, 0.15) is 5.82 Å². The second kappa shape index (κ2) is 11.3. The van der Waals surface area contributed by atoms with Crippen LogP contribution in [0.2, 0.25) is 0 Å². The summed E-state index contributed by atoms with van der Waals surface area (Å²) in [5.41, 5.74) is 8.77. The standard InChI is InChI=1S/C26H29N5O3/c27-25(32)22-17-29-24(14-23(22)28-15-18-5-2-1-3-6-18)31-21-8-4-7-20(13-21)26(33)30-16-19-9-11-34-12-10-19/h1-8,13-14,17,19H,9-12,15-16H2,(H2,27,32)(H,30,33)(H2,28,29,31). The van der Waals surface area contributed by atoms with Crippen molar-refractivity contribution in [1.82, 2.24) is 10.3 Å². The molecule has 0 radical (unpaired) electrons. The Kier molecular flexibility index (Phi) is 7.72. The van der Waals surface area contributed by atoms with Crippen molar-refractivity contribution >= 4 is 29.0 Å². The predicted molar refractivity (Wildman–Crippen MR) is 132 cm³/mol. The van der Waals surface area contributed by atoms with Gasteiger partial charge < -0.3 is 26.4 Å². The molecule has 1 aromatic heterocycles. The number of nitrogens with one attached hydrogen (secondary N) is 3. The Labute approximate surface area is 198 Å². The van der Waals surface area contributed by atoms with Gasteiger partial charge in [0.2, 0.25) is 0 Å². The lowest BCUT2D eigenvalue weighted by Gasteiger charge is -2.22. The van der Waals surface area contributed by atoms with Crippen LogP contribution in [0.3, 0.4) is 0 Å². The normalized spacial score (nSPS) is 13.8. The predicted octanol–water partition coefficient (Wildman–Crippen LogP) is 3.69. The largest absolute Gasteiger partial charge is 0.381 e. The molecular weight excluding hydrogens is 430 g/mol. The zero-order valence-corrected chi connectivity index (χ0v) is 18.9. The van der Waals surface area contributed by atoms with E-state index >= 15 is 0 Å². The molecule has 1 aliphatic heterocycles. The molecule has 0 saturated carbocycles. The molecule has 3 aromatic rings. The van der Waals surface area contributed by atoms with Crippen molar-refractivity contribution in [3.05, 3.63) is 83.6 Å². The van der Waals surface area contributed by atoms with Crippen LogP contribution in [0, 0.1) is 5.92 Å². The molecule has 176 valence electrons. The van der Waals surface area contributed by atoms with Gasteiger partial charge in [0.15, 0.2) is 0 Å². The summed E-state index contributed by atoms with van der Waals surface area (Å²) in [6.45, 7) is 2.69. The number of aromatic nitrogens is 1. The van der Waals surface area contributed by atoms with Crippen LogP contribution in [0.1, 0.15) is 39.1 Å². The van der Waals surface area contributed by atoms with Gasteiger partial charge in [-0.2, -0.15) is 0 Å². The molecule has 2 heterocycles. The summed E-state index contributed by atoms with van der Waals surface area (Å²) >= 11 is 0. The van der Waals surface area contributed by atoms with E-state index in [0.717, 1.165) is 31.6 Å². The van der Waals surface area contributed by atoms with E-state index in [0.29, 0.717) is 47.3 Å². The van der Waals surface area contributed by atoms with Crippen LogP contribution in [-0.4, -0.2) is 36.6 Å². The van der Waals surface area contributed by atoms with E-state index in [1.54, 1.807) is 18.2 Å². The molecular formula is C26H29N5O3. The monoisotopic (exact) mass is 459 g/mol. The van der Waals surface area contributed by atoms with Crippen molar-refractivity contribution in [3.8, 4) is 0 Å². The van der Waals surface area contributed by atoms with Crippen LogP contribution in [-0.2, 0) is 11.3 Å². The van der Waals surface area contributed by atoms with Gasteiger partial charge in [0.05, 0.1) is 11.3 Å². The number of rotatable bonds is 9. The van der Waals surface area contributed by atoms with Crippen molar-refractivity contribution in [2.75, 3.05) is 30.4 Å². The average Bonchev–Trinajstić information content (AvgIpc) is 2.87. The number of pyridine rings is 1. The highest BCUT2D eigenvalue weighted by molar-refractivity contribution is 5.99. The number of carbonyl (C=O) groups excluding carboxylic acids is 2. The number of amides is 2. The SMILES string of the molecule is NC(=O)c1cnc(Nc2cccc(C(=O)NCC3CCOCC3)c2)cc1NCc1ccccc1. The number of primary amides is 1. The Balaban J connectivity index is 1.43. The molecule has 1 aliphatic rings. The Morgan fingerprint density at radius 3 is 2.59 bits per heavy atom. The van der Waals surface area contributed by atoms with Crippen LogP contribution in [0.5, 0.6) is 0 Å². The Morgan fingerprint density at radius 1 is 1.03 bits per heavy atom. The molecule has 2 amide bonds. The number of anilines is 3. The summed E-state index contributed by atoms with van der Waals surface area (Å²) in [6, 6.07) is 18.8. The number of ether oxygens (including phenoxy) is 1. The minimum Gasteiger partial charge on any atom is -0.381 e. The third kappa shape index (κ3) is 6.32. The van der Waals surface area contributed by atoms with Crippen LogP contribution in [0.15, 0.2) is 66.9 Å². The molecule has 2 aromatic carbocycles.